The van der Waals surface area contributed by atoms with Gasteiger partial charge in [-0.2, -0.15) is 0 Å². The average molecular weight is 718 g/mol. The molecule has 3 rings (SSSR count). The third-order valence-corrected chi connectivity index (χ3v) is 11.8. The van der Waals surface area contributed by atoms with E-state index in [2.05, 4.69) is 35.1 Å². The van der Waals surface area contributed by atoms with E-state index in [0.29, 0.717) is 44.2 Å². The van der Waals surface area contributed by atoms with Crippen LogP contribution in [0.5, 0.6) is 0 Å². The van der Waals surface area contributed by atoms with Crippen LogP contribution in [0.4, 0.5) is 4.79 Å². The first-order chi connectivity index (χ1) is 23.7. The Morgan fingerprint density at radius 2 is 1.33 bits per heavy atom. The minimum Gasteiger partial charge on any atom is -0.481 e. The van der Waals surface area contributed by atoms with E-state index >= 15 is 0 Å². The fraction of sp³-hybridized carbons (Fsp3) is 0.846. The molecular formula is C39H67N5O7. The third kappa shape index (κ3) is 10.9. The summed E-state index contributed by atoms with van der Waals surface area (Å²) in [6.07, 6.45) is 6.41. The quantitative estimate of drug-likeness (QED) is 0.165. The summed E-state index contributed by atoms with van der Waals surface area (Å²) in [5.74, 6) is -3.72. The molecule has 7 atom stereocenters. The Morgan fingerprint density at radius 1 is 0.765 bits per heavy atom. The van der Waals surface area contributed by atoms with E-state index < -0.39 is 58.4 Å². The summed E-state index contributed by atoms with van der Waals surface area (Å²) in [6.45, 7) is 18.8. The highest BCUT2D eigenvalue weighted by Gasteiger charge is 2.53. The van der Waals surface area contributed by atoms with Gasteiger partial charge in [-0.25, -0.2) is 4.79 Å². The number of carbonyl (C=O) groups is 6. The van der Waals surface area contributed by atoms with Crippen molar-refractivity contribution in [3.05, 3.63) is 0 Å². The number of aliphatic carboxylic acids is 1. The summed E-state index contributed by atoms with van der Waals surface area (Å²) in [6, 6.07) is -3.14. The maximum Gasteiger partial charge on any atom is 0.315 e. The molecule has 1 aliphatic heterocycles. The third-order valence-electron chi connectivity index (χ3n) is 11.8. The predicted molar refractivity (Wildman–Crippen MR) is 197 cm³/mol. The number of hydrogen-bond acceptors (Lipinski definition) is 6. The molecule has 0 radical (unpaired) electrons. The number of Topliss-reactive ketones (excluding diaryl/α,β-unsaturated/α-hetero) is 1. The minimum atomic E-state index is -1.52. The first-order valence-corrected chi connectivity index (χ1v) is 19.4. The number of likely N-dealkylation sites (tertiary alicyclic amines) is 1. The van der Waals surface area contributed by atoms with Gasteiger partial charge in [-0.3, -0.25) is 24.0 Å². The zero-order valence-corrected chi connectivity index (χ0v) is 32.8. The standard InChI is InChI=1S/C39H67N5O7/c1-10-28(37(4,5)6)40-34(48)32(39(35(49)50)18-11-12-19-39)42-33(47)26(23-29(46)44-20-13-14-21-44)22-27(45)31(38(7,8)9)43-36(51)41-30-24(2)16-15-17-25(30)3/h24-26,28,30-32H,10-23H2,1-9H3,(H,40,48)(H,42,47)(H,49,50)(H2,41,43,51)/t24-,25+,26-,28-,30?,31-,32-/m1/s1. The molecule has 0 aromatic heterocycles. The topological polar surface area (TPSA) is 174 Å². The van der Waals surface area contributed by atoms with Gasteiger partial charge in [-0.05, 0) is 67.6 Å². The van der Waals surface area contributed by atoms with Gasteiger partial charge >= 0.3 is 12.0 Å². The Bertz CT molecular complexity index is 1250. The number of ketones is 1. The molecule has 1 unspecified atom stereocenters. The van der Waals surface area contributed by atoms with Crippen molar-refractivity contribution in [2.45, 2.75) is 164 Å². The molecule has 1 heterocycles. The molecule has 12 heteroatoms. The lowest BCUT2D eigenvalue weighted by atomic mass is 9.76. The van der Waals surface area contributed by atoms with E-state index in [9.17, 15) is 33.9 Å². The molecule has 2 saturated carbocycles. The van der Waals surface area contributed by atoms with Crippen LogP contribution in [0.3, 0.4) is 0 Å². The SMILES string of the molecule is CC[C@@H](NC(=O)[C@@H](NC(=O)[C@H](CC(=O)[C@@H](NC(=O)NC1[C@H](C)CCC[C@@H]1C)C(C)(C)C)CC(=O)N1CCCC1)C1(C(=O)O)CCCC1)C(C)(C)C. The molecule has 5 N–H and O–H groups in total. The number of urea groups is 1. The maximum absolute atomic E-state index is 14.3. The van der Waals surface area contributed by atoms with E-state index in [1.165, 1.54) is 0 Å². The van der Waals surface area contributed by atoms with Crippen LogP contribution >= 0.6 is 0 Å². The Kier molecular flexibility index (Phi) is 14.5. The number of nitrogens with one attached hydrogen (secondary N) is 4. The van der Waals surface area contributed by atoms with Gasteiger partial charge in [-0.15, -0.1) is 0 Å². The van der Waals surface area contributed by atoms with Crippen molar-refractivity contribution < 1.29 is 33.9 Å². The molecular weight excluding hydrogens is 650 g/mol. The van der Waals surface area contributed by atoms with Crippen LogP contribution in [0.25, 0.3) is 0 Å². The number of rotatable bonds is 14. The predicted octanol–water partition coefficient (Wildman–Crippen LogP) is 5.18. The number of amides is 5. The van der Waals surface area contributed by atoms with Crippen molar-refractivity contribution in [2.75, 3.05) is 13.1 Å². The van der Waals surface area contributed by atoms with Crippen molar-refractivity contribution in [2.24, 2.45) is 34.0 Å². The van der Waals surface area contributed by atoms with Crippen LogP contribution in [0, 0.1) is 34.0 Å². The van der Waals surface area contributed by atoms with Crippen molar-refractivity contribution in [3.63, 3.8) is 0 Å². The average Bonchev–Trinajstić information content (AvgIpc) is 3.75. The Balaban J connectivity index is 1.92. The monoisotopic (exact) mass is 718 g/mol. The molecule has 1 saturated heterocycles. The number of hydrogen-bond donors (Lipinski definition) is 5. The smallest absolute Gasteiger partial charge is 0.315 e. The Morgan fingerprint density at radius 3 is 1.82 bits per heavy atom. The van der Waals surface area contributed by atoms with Crippen LogP contribution in [-0.4, -0.2) is 82.8 Å². The van der Waals surface area contributed by atoms with Crippen LogP contribution in [0.1, 0.15) is 139 Å². The van der Waals surface area contributed by atoms with Crippen molar-refractivity contribution in [1.29, 1.82) is 0 Å². The first-order valence-electron chi connectivity index (χ1n) is 19.4. The zero-order chi connectivity index (χ0) is 38.3. The Labute approximate surface area is 305 Å². The largest absolute Gasteiger partial charge is 0.481 e. The summed E-state index contributed by atoms with van der Waals surface area (Å²) in [4.78, 5) is 84.0. The van der Waals surface area contributed by atoms with Gasteiger partial charge in [0, 0.05) is 38.0 Å². The summed E-state index contributed by atoms with van der Waals surface area (Å²) in [7, 11) is 0. The van der Waals surface area contributed by atoms with Gasteiger partial charge < -0.3 is 31.3 Å². The van der Waals surface area contributed by atoms with E-state index in [4.69, 9.17) is 0 Å². The Hall–Kier alpha value is -3.18. The first kappa shape index (κ1) is 42.2. The number of nitrogens with zero attached hydrogens (tertiary/aromatic N) is 1. The van der Waals surface area contributed by atoms with Gasteiger partial charge in [0.1, 0.15) is 6.04 Å². The molecule has 3 aliphatic rings. The molecule has 0 bridgehead atoms. The highest BCUT2D eigenvalue weighted by Crippen LogP contribution is 2.42. The number of carboxylic acids is 1. The summed E-state index contributed by atoms with van der Waals surface area (Å²) >= 11 is 0. The molecule has 0 spiro atoms. The molecule has 5 amide bonds. The number of carboxylic acid groups (broad SMARTS) is 1. The second kappa shape index (κ2) is 17.6. The van der Waals surface area contributed by atoms with E-state index in [1.54, 1.807) is 4.90 Å². The normalized spacial score (nSPS) is 24.5. The second-order valence-corrected chi connectivity index (χ2v) is 17.9. The molecule has 0 aromatic carbocycles. The van der Waals surface area contributed by atoms with Crippen molar-refractivity contribution >= 4 is 35.5 Å². The summed E-state index contributed by atoms with van der Waals surface area (Å²) in [5.41, 5.74) is -2.57. The highest BCUT2D eigenvalue weighted by molar-refractivity contribution is 5.98. The lowest BCUT2D eigenvalue weighted by molar-refractivity contribution is -0.155. The number of carbonyl (C=O) groups excluding carboxylic acids is 5. The summed E-state index contributed by atoms with van der Waals surface area (Å²) in [5, 5.41) is 22.3. The van der Waals surface area contributed by atoms with Gasteiger partial charge in [0.25, 0.3) is 0 Å². The van der Waals surface area contributed by atoms with E-state index in [0.717, 1.165) is 32.1 Å². The zero-order valence-electron chi connectivity index (χ0n) is 32.8. The molecule has 3 fully saturated rings. The fourth-order valence-corrected chi connectivity index (χ4v) is 8.53. The highest BCUT2D eigenvalue weighted by atomic mass is 16.4. The molecule has 12 nitrogen and oxygen atoms in total. The van der Waals surface area contributed by atoms with E-state index in [1.807, 2.05) is 48.5 Å². The van der Waals surface area contributed by atoms with E-state index in [-0.39, 0.29) is 49.1 Å². The van der Waals surface area contributed by atoms with Gasteiger partial charge in [0.2, 0.25) is 17.7 Å². The van der Waals surface area contributed by atoms with Crippen molar-refractivity contribution in [1.82, 2.24) is 26.2 Å². The summed E-state index contributed by atoms with van der Waals surface area (Å²) < 4.78 is 0. The molecule has 290 valence electrons. The van der Waals surface area contributed by atoms with Gasteiger partial charge in [-0.1, -0.05) is 81.6 Å². The fourth-order valence-electron chi connectivity index (χ4n) is 8.53. The minimum absolute atomic E-state index is 0.0307. The lowest BCUT2D eigenvalue weighted by Gasteiger charge is -2.38. The van der Waals surface area contributed by atoms with Crippen molar-refractivity contribution in [3.8, 4) is 0 Å². The van der Waals surface area contributed by atoms with Crippen LogP contribution < -0.4 is 21.3 Å². The second-order valence-electron chi connectivity index (χ2n) is 17.9. The van der Waals surface area contributed by atoms with Crippen LogP contribution in [-0.2, 0) is 24.0 Å². The molecule has 2 aliphatic carbocycles. The van der Waals surface area contributed by atoms with Gasteiger partial charge in [0.15, 0.2) is 5.78 Å². The molecule has 0 aromatic rings. The lowest BCUT2D eigenvalue weighted by Crippen LogP contribution is -2.61. The van der Waals surface area contributed by atoms with Crippen LogP contribution in [0.15, 0.2) is 0 Å². The van der Waals surface area contributed by atoms with Crippen LogP contribution in [0.2, 0.25) is 0 Å². The maximum atomic E-state index is 14.3. The van der Waals surface area contributed by atoms with Gasteiger partial charge in [0.05, 0.1) is 17.4 Å². The molecule has 51 heavy (non-hydrogen) atoms.